The first-order chi connectivity index (χ1) is 11.6. The monoisotopic (exact) mass is 344 g/mol. The molecule has 1 fully saturated rings. The molecular weight excluding hydrogens is 322 g/mol. The average Bonchev–Trinajstić information content (AvgIpc) is 2.59. The van der Waals surface area contributed by atoms with Crippen LogP contribution in [-0.4, -0.2) is 42.0 Å². The Labute approximate surface area is 148 Å². The second-order valence-electron chi connectivity index (χ2n) is 6.21. The summed E-state index contributed by atoms with van der Waals surface area (Å²) < 4.78 is 0. The molecule has 2 aromatic carbocycles. The number of piperazine rings is 1. The molecule has 1 saturated heterocycles. The third-order valence-corrected chi connectivity index (χ3v) is 4.65. The van der Waals surface area contributed by atoms with Crippen molar-refractivity contribution in [3.05, 3.63) is 64.7 Å². The number of hydrogen-bond acceptors (Lipinski definition) is 3. The van der Waals surface area contributed by atoms with E-state index in [0.29, 0.717) is 0 Å². The van der Waals surface area contributed by atoms with Gasteiger partial charge < -0.3 is 10.0 Å². The molecule has 2 N–H and O–H groups in total. The van der Waals surface area contributed by atoms with Crippen LogP contribution in [0.15, 0.2) is 53.6 Å². The minimum atomic E-state index is 0.283. The molecule has 3 rings (SSSR count). The van der Waals surface area contributed by atoms with Crippen molar-refractivity contribution in [1.82, 2.24) is 5.01 Å². The van der Waals surface area contributed by atoms with E-state index in [4.69, 9.17) is 11.6 Å². The second kappa shape index (κ2) is 7.69. The first-order valence-corrected chi connectivity index (χ1v) is 8.66. The fraction of sp³-hybridized carbons (Fsp3) is 0.316. The fourth-order valence-electron chi connectivity index (χ4n) is 3.02. The lowest BCUT2D eigenvalue weighted by Crippen LogP contribution is -3.13. The quantitative estimate of drug-likeness (QED) is 0.835. The summed E-state index contributed by atoms with van der Waals surface area (Å²) >= 11 is 5.94. The summed E-state index contributed by atoms with van der Waals surface area (Å²) in [4.78, 5) is 1.56. The molecule has 0 atom stereocenters. The van der Waals surface area contributed by atoms with Crippen LogP contribution in [0.3, 0.4) is 0 Å². The summed E-state index contributed by atoms with van der Waals surface area (Å²) in [5.41, 5.74) is 2.97. The van der Waals surface area contributed by atoms with Crippen LogP contribution in [0.5, 0.6) is 5.75 Å². The van der Waals surface area contributed by atoms with Gasteiger partial charge in [-0.1, -0.05) is 35.9 Å². The Morgan fingerprint density at radius 3 is 2.46 bits per heavy atom. The topological polar surface area (TPSA) is 40.3 Å². The van der Waals surface area contributed by atoms with Gasteiger partial charge in [0.1, 0.15) is 12.3 Å². The average molecular weight is 345 g/mol. The fourth-order valence-corrected chi connectivity index (χ4v) is 3.15. The van der Waals surface area contributed by atoms with Crippen molar-refractivity contribution in [1.29, 1.82) is 0 Å². The van der Waals surface area contributed by atoms with E-state index >= 15 is 0 Å². The van der Waals surface area contributed by atoms with E-state index in [9.17, 15) is 5.11 Å². The maximum absolute atomic E-state index is 9.92. The lowest BCUT2D eigenvalue weighted by atomic mass is 10.1. The van der Waals surface area contributed by atoms with E-state index in [2.05, 4.69) is 22.2 Å². The summed E-state index contributed by atoms with van der Waals surface area (Å²) in [5.74, 6) is 0.283. The summed E-state index contributed by atoms with van der Waals surface area (Å²) in [6, 6.07) is 15.4. The highest BCUT2D eigenvalue weighted by molar-refractivity contribution is 6.30. The number of hydrazone groups is 1. The van der Waals surface area contributed by atoms with E-state index in [1.165, 1.54) is 5.56 Å². The van der Waals surface area contributed by atoms with E-state index < -0.39 is 0 Å². The smallest absolute Gasteiger partial charge is 0.124 e. The van der Waals surface area contributed by atoms with Crippen LogP contribution < -0.4 is 4.90 Å². The van der Waals surface area contributed by atoms with Crippen molar-refractivity contribution in [3.8, 4) is 5.75 Å². The minimum Gasteiger partial charge on any atom is -0.507 e. The zero-order valence-electron chi connectivity index (χ0n) is 13.9. The number of para-hydroxylation sites is 1. The Balaban J connectivity index is 1.56. The van der Waals surface area contributed by atoms with Crippen molar-refractivity contribution in [3.63, 3.8) is 0 Å². The first kappa shape index (κ1) is 16.8. The Hall–Kier alpha value is -2.04. The highest BCUT2D eigenvalue weighted by Gasteiger charge is 2.19. The number of halogens is 1. The first-order valence-electron chi connectivity index (χ1n) is 8.28. The molecule has 0 unspecified atom stereocenters. The maximum atomic E-state index is 9.92. The maximum Gasteiger partial charge on any atom is 0.124 e. The normalized spacial score (nSPS) is 16.4. The number of nitrogens with zero attached hydrogens (tertiary/aromatic N) is 2. The number of phenolic OH excluding ortho intramolecular Hbond substituents is 1. The molecule has 0 saturated carbocycles. The van der Waals surface area contributed by atoms with Crippen molar-refractivity contribution >= 4 is 17.3 Å². The molecular formula is C19H23ClN3O+. The SMILES string of the molecule is C/C(=N\N1CC[NH+](Cc2ccc(Cl)cc2)CC1)c1ccccc1O. The molecule has 5 heteroatoms. The third kappa shape index (κ3) is 4.28. The summed E-state index contributed by atoms with van der Waals surface area (Å²) in [6.07, 6.45) is 0. The van der Waals surface area contributed by atoms with Crippen molar-refractivity contribution < 1.29 is 10.0 Å². The van der Waals surface area contributed by atoms with Crippen LogP contribution in [0.25, 0.3) is 0 Å². The van der Waals surface area contributed by atoms with Crippen molar-refractivity contribution in [2.24, 2.45) is 5.10 Å². The van der Waals surface area contributed by atoms with Gasteiger partial charge in [0.05, 0.1) is 31.9 Å². The number of benzene rings is 2. The zero-order valence-corrected chi connectivity index (χ0v) is 14.6. The van der Waals surface area contributed by atoms with Gasteiger partial charge in [-0.3, -0.25) is 5.01 Å². The van der Waals surface area contributed by atoms with Gasteiger partial charge in [-0.05, 0) is 31.2 Å². The molecule has 0 aromatic heterocycles. The largest absolute Gasteiger partial charge is 0.507 e. The lowest BCUT2D eigenvalue weighted by Gasteiger charge is -2.31. The van der Waals surface area contributed by atoms with E-state index in [0.717, 1.165) is 49.0 Å². The standard InChI is InChI=1S/C19H22ClN3O/c1-15(18-4-2-3-5-19(18)24)21-23-12-10-22(11-13-23)14-16-6-8-17(20)9-7-16/h2-9,24H,10-14H2,1H3/p+1/b21-15+. The Morgan fingerprint density at radius 2 is 1.79 bits per heavy atom. The number of aromatic hydroxyl groups is 1. The van der Waals surface area contributed by atoms with Crippen LogP contribution in [-0.2, 0) is 6.54 Å². The molecule has 1 heterocycles. The molecule has 0 amide bonds. The van der Waals surface area contributed by atoms with Gasteiger partial charge in [0.25, 0.3) is 0 Å². The van der Waals surface area contributed by atoms with Gasteiger partial charge in [-0.25, -0.2) is 0 Å². The van der Waals surface area contributed by atoms with Crippen LogP contribution in [0.4, 0.5) is 0 Å². The molecule has 0 spiro atoms. The predicted molar refractivity (Wildman–Crippen MR) is 97.7 cm³/mol. The second-order valence-corrected chi connectivity index (χ2v) is 6.65. The molecule has 0 radical (unpaired) electrons. The van der Waals surface area contributed by atoms with Gasteiger partial charge in [0, 0.05) is 16.1 Å². The lowest BCUT2D eigenvalue weighted by molar-refractivity contribution is -0.918. The molecule has 4 nitrogen and oxygen atoms in total. The molecule has 2 aromatic rings. The molecule has 1 aliphatic heterocycles. The van der Waals surface area contributed by atoms with Gasteiger partial charge in [-0.15, -0.1) is 0 Å². The molecule has 0 aliphatic carbocycles. The predicted octanol–water partition coefficient (Wildman–Crippen LogP) is 2.17. The van der Waals surface area contributed by atoms with E-state index in [1.807, 2.05) is 37.3 Å². The highest BCUT2D eigenvalue weighted by atomic mass is 35.5. The number of hydrogen-bond donors (Lipinski definition) is 2. The number of rotatable bonds is 4. The van der Waals surface area contributed by atoms with Crippen LogP contribution in [0.1, 0.15) is 18.1 Å². The van der Waals surface area contributed by atoms with Gasteiger partial charge in [0.15, 0.2) is 0 Å². The Bertz CT molecular complexity index is 707. The van der Waals surface area contributed by atoms with Gasteiger partial charge in [-0.2, -0.15) is 5.10 Å². The molecule has 1 aliphatic rings. The van der Waals surface area contributed by atoms with Gasteiger partial charge in [0.2, 0.25) is 0 Å². The Kier molecular flexibility index (Phi) is 5.38. The summed E-state index contributed by atoms with van der Waals surface area (Å²) in [6.45, 7) is 6.93. The molecule has 24 heavy (non-hydrogen) atoms. The summed E-state index contributed by atoms with van der Waals surface area (Å²) in [5, 5.41) is 17.5. The van der Waals surface area contributed by atoms with Crippen LogP contribution in [0, 0.1) is 0 Å². The zero-order chi connectivity index (χ0) is 16.9. The highest BCUT2D eigenvalue weighted by Crippen LogP contribution is 2.17. The Morgan fingerprint density at radius 1 is 1.12 bits per heavy atom. The van der Waals surface area contributed by atoms with Gasteiger partial charge >= 0.3 is 0 Å². The van der Waals surface area contributed by atoms with E-state index in [1.54, 1.807) is 11.0 Å². The van der Waals surface area contributed by atoms with Crippen molar-refractivity contribution in [2.45, 2.75) is 13.5 Å². The molecule has 126 valence electrons. The number of phenols is 1. The number of quaternary nitrogens is 1. The van der Waals surface area contributed by atoms with E-state index in [-0.39, 0.29) is 5.75 Å². The third-order valence-electron chi connectivity index (χ3n) is 4.40. The van der Waals surface area contributed by atoms with Crippen molar-refractivity contribution in [2.75, 3.05) is 26.2 Å². The molecule has 0 bridgehead atoms. The van der Waals surface area contributed by atoms with Crippen LogP contribution in [0.2, 0.25) is 5.02 Å². The summed E-state index contributed by atoms with van der Waals surface area (Å²) in [7, 11) is 0. The number of nitrogens with one attached hydrogen (secondary N) is 1. The minimum absolute atomic E-state index is 0.283. The van der Waals surface area contributed by atoms with Crippen LogP contribution >= 0.6 is 11.6 Å².